The predicted octanol–water partition coefficient (Wildman–Crippen LogP) is 2.88. The number of allylic oxidation sites excluding steroid dienone is 1. The van der Waals surface area contributed by atoms with E-state index in [2.05, 4.69) is 18.2 Å². The standard InChI is InChI=1S/C17H18O2S/c18-17(13-7-11-3-1-2-4-12(11)8-13)14-9-15-5-6-16(10-14)20(15)19/h1-4,7,14-16H,5-6,8-10H2. The maximum atomic E-state index is 12.7. The van der Waals surface area contributed by atoms with Gasteiger partial charge in [0.2, 0.25) is 0 Å². The highest BCUT2D eigenvalue weighted by Gasteiger charge is 2.43. The molecule has 20 heavy (non-hydrogen) atoms. The van der Waals surface area contributed by atoms with Crippen molar-refractivity contribution in [3.05, 3.63) is 41.0 Å². The molecule has 2 atom stereocenters. The molecule has 1 aromatic rings. The highest BCUT2D eigenvalue weighted by atomic mass is 32.2. The van der Waals surface area contributed by atoms with Crippen molar-refractivity contribution in [1.29, 1.82) is 0 Å². The van der Waals surface area contributed by atoms with Gasteiger partial charge in [0.25, 0.3) is 0 Å². The van der Waals surface area contributed by atoms with Gasteiger partial charge in [-0.3, -0.25) is 9.00 Å². The Morgan fingerprint density at radius 3 is 2.50 bits per heavy atom. The lowest BCUT2D eigenvalue weighted by atomic mass is 9.89. The summed E-state index contributed by atoms with van der Waals surface area (Å²) in [5.41, 5.74) is 3.42. The average Bonchev–Trinajstić information content (AvgIpc) is 2.95. The molecule has 2 saturated heterocycles. The number of hydrogen-bond acceptors (Lipinski definition) is 2. The van der Waals surface area contributed by atoms with Crippen molar-refractivity contribution >= 4 is 22.7 Å². The SMILES string of the molecule is O=C(C1=Cc2ccccc2C1)C1CC2CCC(C1)S2=O. The largest absolute Gasteiger partial charge is 0.294 e. The van der Waals surface area contributed by atoms with Gasteiger partial charge in [-0.05, 0) is 42.9 Å². The third-order valence-corrected chi connectivity index (χ3v) is 7.19. The topological polar surface area (TPSA) is 34.1 Å². The summed E-state index contributed by atoms with van der Waals surface area (Å²) >= 11 is 0. The Morgan fingerprint density at radius 1 is 1.10 bits per heavy atom. The molecule has 2 unspecified atom stereocenters. The lowest BCUT2D eigenvalue weighted by Gasteiger charge is -2.26. The van der Waals surface area contributed by atoms with E-state index in [-0.39, 0.29) is 16.4 Å². The van der Waals surface area contributed by atoms with Crippen LogP contribution in [0.25, 0.3) is 6.08 Å². The molecule has 0 radical (unpaired) electrons. The van der Waals surface area contributed by atoms with Crippen molar-refractivity contribution in [3.8, 4) is 0 Å². The van der Waals surface area contributed by atoms with Crippen LogP contribution in [0.2, 0.25) is 0 Å². The minimum Gasteiger partial charge on any atom is -0.294 e. The van der Waals surface area contributed by atoms with Gasteiger partial charge in [0.15, 0.2) is 5.78 Å². The second-order valence-electron chi connectivity index (χ2n) is 6.23. The first kappa shape index (κ1) is 12.5. The van der Waals surface area contributed by atoms with Crippen LogP contribution in [-0.4, -0.2) is 20.5 Å². The van der Waals surface area contributed by atoms with Crippen LogP contribution in [0.3, 0.4) is 0 Å². The Bertz CT molecular complexity index is 616. The molecule has 1 aromatic carbocycles. The maximum absolute atomic E-state index is 12.7. The lowest BCUT2D eigenvalue weighted by molar-refractivity contribution is -0.119. The highest BCUT2D eigenvalue weighted by Crippen LogP contribution is 2.40. The van der Waals surface area contributed by atoms with E-state index in [1.165, 1.54) is 11.1 Å². The molecule has 2 aliphatic heterocycles. The maximum Gasteiger partial charge on any atom is 0.162 e. The number of fused-ring (bicyclic) bond motifs is 3. The molecule has 0 N–H and O–H groups in total. The molecular weight excluding hydrogens is 268 g/mol. The van der Waals surface area contributed by atoms with Crippen molar-refractivity contribution in [2.24, 2.45) is 5.92 Å². The van der Waals surface area contributed by atoms with E-state index in [0.717, 1.165) is 37.7 Å². The van der Waals surface area contributed by atoms with Crippen LogP contribution in [-0.2, 0) is 22.0 Å². The van der Waals surface area contributed by atoms with Crippen LogP contribution >= 0.6 is 0 Å². The molecule has 1 aliphatic carbocycles. The van der Waals surface area contributed by atoms with Gasteiger partial charge in [-0.1, -0.05) is 24.3 Å². The summed E-state index contributed by atoms with van der Waals surface area (Å²) in [7, 11) is -0.669. The van der Waals surface area contributed by atoms with Crippen LogP contribution in [0.1, 0.15) is 36.8 Å². The zero-order valence-electron chi connectivity index (χ0n) is 11.4. The number of ketones is 1. The van der Waals surface area contributed by atoms with Crippen molar-refractivity contribution < 1.29 is 9.00 Å². The van der Waals surface area contributed by atoms with Crippen molar-refractivity contribution in [2.75, 3.05) is 0 Å². The first-order valence-electron chi connectivity index (χ1n) is 7.44. The van der Waals surface area contributed by atoms with E-state index >= 15 is 0 Å². The van der Waals surface area contributed by atoms with Gasteiger partial charge in [0.1, 0.15) is 0 Å². The average molecular weight is 286 g/mol. The molecule has 104 valence electrons. The lowest BCUT2D eigenvalue weighted by Crippen LogP contribution is -2.32. The molecule has 2 bridgehead atoms. The minimum atomic E-state index is -0.669. The Morgan fingerprint density at radius 2 is 1.80 bits per heavy atom. The van der Waals surface area contributed by atoms with Crippen molar-refractivity contribution in [3.63, 3.8) is 0 Å². The third kappa shape index (κ3) is 1.91. The summed E-state index contributed by atoms with van der Waals surface area (Å²) in [5, 5.41) is 0.569. The number of rotatable bonds is 2. The molecule has 0 amide bonds. The molecule has 2 heterocycles. The number of benzene rings is 1. The van der Waals surface area contributed by atoms with Crippen molar-refractivity contribution in [1.82, 2.24) is 0 Å². The van der Waals surface area contributed by atoms with Gasteiger partial charge < -0.3 is 0 Å². The van der Waals surface area contributed by atoms with Crippen molar-refractivity contribution in [2.45, 2.75) is 42.6 Å². The fourth-order valence-electron chi connectivity index (χ4n) is 3.95. The molecule has 2 fully saturated rings. The van der Waals surface area contributed by atoms with Crippen LogP contribution in [0.5, 0.6) is 0 Å². The molecule has 4 rings (SSSR count). The summed E-state index contributed by atoms with van der Waals surface area (Å²) in [6.07, 6.45) is 6.64. The molecule has 0 aromatic heterocycles. The van der Waals surface area contributed by atoms with Gasteiger partial charge in [0.05, 0.1) is 0 Å². The van der Waals surface area contributed by atoms with Gasteiger partial charge in [-0.15, -0.1) is 0 Å². The number of carbonyl (C=O) groups is 1. The minimum absolute atomic E-state index is 0.116. The first-order valence-corrected chi connectivity index (χ1v) is 8.72. The van der Waals surface area contributed by atoms with E-state index in [4.69, 9.17) is 0 Å². The van der Waals surface area contributed by atoms with E-state index < -0.39 is 10.8 Å². The number of Topliss-reactive ketones (excluding diaryl/α,β-unsaturated/α-hetero) is 1. The summed E-state index contributed by atoms with van der Waals surface area (Å²) in [6, 6.07) is 8.23. The summed E-state index contributed by atoms with van der Waals surface area (Å²) in [6.45, 7) is 0. The van der Waals surface area contributed by atoms with Gasteiger partial charge in [0, 0.05) is 39.2 Å². The normalized spacial score (nSPS) is 34.7. The molecule has 3 aliphatic rings. The molecular formula is C17H18O2S. The van der Waals surface area contributed by atoms with E-state index in [0.29, 0.717) is 5.78 Å². The van der Waals surface area contributed by atoms with Gasteiger partial charge in [-0.2, -0.15) is 0 Å². The molecule has 0 spiro atoms. The second kappa shape index (κ2) is 4.66. The Kier molecular flexibility index (Phi) is 2.92. The number of hydrogen-bond donors (Lipinski definition) is 0. The van der Waals surface area contributed by atoms with E-state index in [1.54, 1.807) is 0 Å². The van der Waals surface area contributed by atoms with Crippen LogP contribution < -0.4 is 0 Å². The molecule has 3 heteroatoms. The second-order valence-corrected chi connectivity index (χ2v) is 8.22. The van der Waals surface area contributed by atoms with E-state index in [9.17, 15) is 9.00 Å². The Hall–Kier alpha value is -1.22. The summed E-state index contributed by atoms with van der Waals surface area (Å²) in [4.78, 5) is 12.7. The monoisotopic (exact) mass is 286 g/mol. The summed E-state index contributed by atoms with van der Waals surface area (Å²) < 4.78 is 12.0. The van der Waals surface area contributed by atoms with Crippen LogP contribution in [0.4, 0.5) is 0 Å². The smallest absolute Gasteiger partial charge is 0.162 e. The number of carbonyl (C=O) groups excluding carboxylic acids is 1. The first-order chi connectivity index (χ1) is 9.72. The Balaban J connectivity index is 1.54. The fraction of sp³-hybridized carbons (Fsp3) is 0.471. The van der Waals surface area contributed by atoms with Gasteiger partial charge in [-0.25, -0.2) is 0 Å². The van der Waals surface area contributed by atoms with Crippen LogP contribution in [0, 0.1) is 5.92 Å². The predicted molar refractivity (Wildman–Crippen MR) is 80.8 cm³/mol. The zero-order valence-corrected chi connectivity index (χ0v) is 12.2. The summed E-state index contributed by atoms with van der Waals surface area (Å²) in [5.74, 6) is 0.431. The third-order valence-electron chi connectivity index (χ3n) is 5.02. The fourth-order valence-corrected chi connectivity index (χ4v) is 6.07. The highest BCUT2D eigenvalue weighted by molar-refractivity contribution is 7.86. The Labute approximate surface area is 121 Å². The quantitative estimate of drug-likeness (QED) is 0.837. The van der Waals surface area contributed by atoms with E-state index in [1.807, 2.05) is 12.1 Å². The van der Waals surface area contributed by atoms with Gasteiger partial charge >= 0.3 is 0 Å². The molecule has 0 saturated carbocycles. The molecule has 2 nitrogen and oxygen atoms in total. The zero-order chi connectivity index (χ0) is 13.7. The van der Waals surface area contributed by atoms with Crippen LogP contribution in [0.15, 0.2) is 29.8 Å².